The third kappa shape index (κ3) is 2.71. The van der Waals surface area contributed by atoms with E-state index in [0.717, 1.165) is 37.7 Å². The third-order valence-electron chi connectivity index (χ3n) is 6.17. The Labute approximate surface area is 150 Å². The molecular formula is C21H29N3O. The molecule has 2 aliphatic rings. The van der Waals surface area contributed by atoms with Crippen molar-refractivity contribution in [2.24, 2.45) is 5.92 Å². The molecule has 1 aliphatic heterocycles. The highest BCUT2D eigenvalue weighted by atomic mass is 16.4. The lowest BCUT2D eigenvalue weighted by atomic mass is 9.67. The van der Waals surface area contributed by atoms with Crippen molar-refractivity contribution in [3.05, 3.63) is 47.2 Å². The quantitative estimate of drug-likeness (QED) is 0.826. The van der Waals surface area contributed by atoms with Crippen molar-refractivity contribution >= 4 is 0 Å². The summed E-state index contributed by atoms with van der Waals surface area (Å²) in [5.41, 5.74) is 2.95. The Balaban J connectivity index is 1.62. The number of benzene rings is 1. The average molecular weight is 339 g/mol. The number of aryl methyl sites for hydroxylation is 1. The van der Waals surface area contributed by atoms with Crippen molar-refractivity contribution in [1.82, 2.24) is 15.1 Å². The van der Waals surface area contributed by atoms with Crippen LogP contribution in [-0.4, -0.2) is 21.6 Å². The van der Waals surface area contributed by atoms with E-state index in [1.807, 2.05) is 0 Å². The zero-order valence-electron chi connectivity index (χ0n) is 15.9. The summed E-state index contributed by atoms with van der Waals surface area (Å²) in [6.07, 6.45) is 4.47. The first kappa shape index (κ1) is 16.8. The minimum absolute atomic E-state index is 0.0157. The average Bonchev–Trinajstić information content (AvgIpc) is 3.11. The van der Waals surface area contributed by atoms with Gasteiger partial charge in [0.15, 0.2) is 0 Å². The summed E-state index contributed by atoms with van der Waals surface area (Å²) in [6.45, 7) is 11.0. The number of nitrogens with zero attached hydrogens (tertiary/aromatic N) is 3. The van der Waals surface area contributed by atoms with Crippen molar-refractivity contribution in [3.8, 4) is 0 Å². The van der Waals surface area contributed by atoms with Gasteiger partial charge in [-0.15, -0.1) is 10.2 Å². The number of rotatable bonds is 4. The van der Waals surface area contributed by atoms with Crippen molar-refractivity contribution < 1.29 is 4.42 Å². The molecule has 25 heavy (non-hydrogen) atoms. The first-order valence-corrected chi connectivity index (χ1v) is 9.61. The number of likely N-dealkylation sites (tertiary alicyclic amines) is 1. The second-order valence-electron chi connectivity index (χ2n) is 8.67. The molecule has 4 rings (SSSR count). The van der Waals surface area contributed by atoms with E-state index in [0.29, 0.717) is 5.92 Å². The van der Waals surface area contributed by atoms with E-state index < -0.39 is 0 Å². The largest absolute Gasteiger partial charge is 0.423 e. The maximum absolute atomic E-state index is 6.02. The molecule has 1 saturated heterocycles. The molecule has 134 valence electrons. The predicted molar refractivity (Wildman–Crippen MR) is 98.2 cm³/mol. The Morgan fingerprint density at radius 1 is 1.24 bits per heavy atom. The molecule has 0 bridgehead atoms. The van der Waals surface area contributed by atoms with Crippen molar-refractivity contribution in [1.29, 1.82) is 0 Å². The molecule has 2 atom stereocenters. The van der Waals surface area contributed by atoms with Gasteiger partial charge in [0.2, 0.25) is 11.8 Å². The van der Waals surface area contributed by atoms with Crippen LogP contribution in [0.1, 0.15) is 69.9 Å². The Hall–Kier alpha value is -1.68. The molecule has 0 amide bonds. The Kier molecular flexibility index (Phi) is 3.99. The zero-order valence-corrected chi connectivity index (χ0v) is 15.9. The minimum atomic E-state index is -0.0157. The maximum Gasteiger partial charge on any atom is 0.237 e. The van der Waals surface area contributed by atoms with Crippen LogP contribution in [0.2, 0.25) is 0 Å². The molecule has 0 N–H and O–H groups in total. The Bertz CT molecular complexity index is 760. The summed E-state index contributed by atoms with van der Waals surface area (Å²) in [7, 11) is 0. The fraction of sp³-hybridized carbons (Fsp3) is 0.619. The zero-order chi connectivity index (χ0) is 17.7. The molecule has 1 aromatic carbocycles. The minimum Gasteiger partial charge on any atom is -0.423 e. The van der Waals surface area contributed by atoms with Gasteiger partial charge in [-0.2, -0.15) is 0 Å². The monoisotopic (exact) mass is 339 g/mol. The van der Waals surface area contributed by atoms with Gasteiger partial charge in [0.25, 0.3) is 0 Å². The summed E-state index contributed by atoms with van der Waals surface area (Å²) in [4.78, 5) is 2.59. The molecule has 2 aromatic rings. The predicted octanol–water partition coefficient (Wildman–Crippen LogP) is 4.44. The van der Waals surface area contributed by atoms with Crippen LogP contribution in [0, 0.1) is 5.92 Å². The molecule has 1 aromatic heterocycles. The van der Waals surface area contributed by atoms with Gasteiger partial charge in [-0.05, 0) is 48.3 Å². The van der Waals surface area contributed by atoms with Gasteiger partial charge < -0.3 is 4.42 Å². The van der Waals surface area contributed by atoms with E-state index in [4.69, 9.17) is 4.42 Å². The lowest BCUT2D eigenvalue weighted by Crippen LogP contribution is -2.51. The van der Waals surface area contributed by atoms with Gasteiger partial charge in [-0.3, -0.25) is 4.90 Å². The van der Waals surface area contributed by atoms with Crippen LogP contribution in [0.5, 0.6) is 0 Å². The smallest absolute Gasteiger partial charge is 0.237 e. The lowest BCUT2D eigenvalue weighted by Gasteiger charge is -2.47. The second-order valence-corrected chi connectivity index (χ2v) is 8.67. The highest BCUT2D eigenvalue weighted by molar-refractivity contribution is 5.29. The van der Waals surface area contributed by atoms with Gasteiger partial charge in [0.05, 0.1) is 0 Å². The van der Waals surface area contributed by atoms with Gasteiger partial charge in [-0.1, -0.05) is 52.0 Å². The highest BCUT2D eigenvalue weighted by Crippen LogP contribution is 2.56. The molecule has 1 aliphatic carbocycles. The first-order valence-electron chi connectivity index (χ1n) is 9.61. The summed E-state index contributed by atoms with van der Waals surface area (Å²) in [6, 6.07) is 9.05. The Morgan fingerprint density at radius 3 is 2.72 bits per heavy atom. The molecule has 4 heteroatoms. The van der Waals surface area contributed by atoms with Gasteiger partial charge >= 0.3 is 0 Å². The second kappa shape index (κ2) is 5.94. The van der Waals surface area contributed by atoms with Crippen LogP contribution >= 0.6 is 0 Å². The van der Waals surface area contributed by atoms with Gasteiger partial charge in [0.1, 0.15) is 5.54 Å². The number of fused-ring (bicyclic) bond motifs is 1. The molecule has 2 heterocycles. The molecule has 4 nitrogen and oxygen atoms in total. The van der Waals surface area contributed by atoms with Crippen molar-refractivity contribution in [2.45, 2.75) is 70.9 Å². The normalized spacial score (nSPS) is 26.5. The summed E-state index contributed by atoms with van der Waals surface area (Å²) in [5, 5.41) is 8.67. The first-order chi connectivity index (χ1) is 11.9. The molecule has 0 unspecified atom stereocenters. The van der Waals surface area contributed by atoms with E-state index in [9.17, 15) is 0 Å². The topological polar surface area (TPSA) is 42.2 Å². The van der Waals surface area contributed by atoms with E-state index >= 15 is 0 Å². The molecular weight excluding hydrogens is 310 g/mol. The summed E-state index contributed by atoms with van der Waals surface area (Å²) < 4.78 is 6.02. The highest BCUT2D eigenvalue weighted by Gasteiger charge is 2.59. The standard InChI is InChI=1S/C21H29N3O/c1-5-18-22-23-19(25-18)21-11-9-16(21)10-12-24(21)14-15-7-6-8-17(13-15)20(2,3)4/h6-8,13,16H,5,9-12,14H2,1-4H3/t16-,21-/m0/s1. The van der Waals surface area contributed by atoms with Crippen LogP contribution < -0.4 is 0 Å². The molecule has 0 spiro atoms. The van der Waals surface area contributed by atoms with E-state index in [2.05, 4.69) is 67.1 Å². The van der Waals surface area contributed by atoms with E-state index in [1.54, 1.807) is 0 Å². The fourth-order valence-corrected chi connectivity index (χ4v) is 4.50. The maximum atomic E-state index is 6.02. The van der Waals surface area contributed by atoms with Crippen LogP contribution in [-0.2, 0) is 23.9 Å². The van der Waals surface area contributed by atoms with Crippen LogP contribution in [0.4, 0.5) is 0 Å². The van der Waals surface area contributed by atoms with Crippen LogP contribution in [0.25, 0.3) is 0 Å². The lowest BCUT2D eigenvalue weighted by molar-refractivity contribution is -0.0162. The van der Waals surface area contributed by atoms with Gasteiger partial charge in [0, 0.05) is 13.0 Å². The van der Waals surface area contributed by atoms with E-state index in [1.165, 1.54) is 24.0 Å². The van der Waals surface area contributed by atoms with Gasteiger partial charge in [-0.25, -0.2) is 0 Å². The summed E-state index contributed by atoms with van der Waals surface area (Å²) >= 11 is 0. The Morgan fingerprint density at radius 2 is 2.08 bits per heavy atom. The van der Waals surface area contributed by atoms with Crippen molar-refractivity contribution in [3.63, 3.8) is 0 Å². The number of aromatic nitrogens is 2. The van der Waals surface area contributed by atoms with Crippen molar-refractivity contribution in [2.75, 3.05) is 6.54 Å². The number of hydrogen-bond acceptors (Lipinski definition) is 4. The molecule has 2 fully saturated rings. The molecule has 0 radical (unpaired) electrons. The molecule has 1 saturated carbocycles. The summed E-state index contributed by atoms with van der Waals surface area (Å²) in [5.74, 6) is 2.28. The number of hydrogen-bond donors (Lipinski definition) is 0. The SMILES string of the molecule is CCc1nnc([C@]23CC[C@H]2CCN3Cc2cccc(C(C)(C)C)c2)o1. The fourth-order valence-electron chi connectivity index (χ4n) is 4.50. The van der Waals surface area contributed by atoms with Crippen LogP contribution in [0.15, 0.2) is 28.7 Å². The third-order valence-corrected chi connectivity index (χ3v) is 6.17. The van der Waals surface area contributed by atoms with E-state index in [-0.39, 0.29) is 11.0 Å². The van der Waals surface area contributed by atoms with Crippen LogP contribution in [0.3, 0.4) is 0 Å².